The smallest absolute Gasteiger partial charge is 0.165 e. The molecular formula is C15H16FN3O2. The fourth-order valence-electron chi connectivity index (χ4n) is 1.81. The Morgan fingerprint density at radius 1 is 1.43 bits per heavy atom. The molecule has 2 aromatic rings. The van der Waals surface area contributed by atoms with Gasteiger partial charge in [-0.1, -0.05) is 11.8 Å². The second-order valence-corrected chi connectivity index (χ2v) is 4.60. The minimum Gasteiger partial charge on any atom is -0.484 e. The predicted molar refractivity (Wildman–Crippen MR) is 75.1 cm³/mol. The molecule has 0 aliphatic heterocycles. The van der Waals surface area contributed by atoms with Crippen molar-refractivity contribution in [3.63, 3.8) is 0 Å². The molecule has 0 unspecified atom stereocenters. The normalized spacial score (nSPS) is 10.3. The molecule has 21 heavy (non-hydrogen) atoms. The van der Waals surface area contributed by atoms with E-state index >= 15 is 0 Å². The lowest BCUT2D eigenvalue weighted by Crippen LogP contribution is -2.11. The number of aliphatic hydroxyl groups excluding tert-OH is 1. The molecule has 0 aliphatic rings. The van der Waals surface area contributed by atoms with Gasteiger partial charge in [-0.05, 0) is 32.0 Å². The van der Waals surface area contributed by atoms with Crippen molar-refractivity contribution in [2.45, 2.75) is 26.5 Å². The monoisotopic (exact) mass is 289 g/mol. The number of nitrogens with zero attached hydrogens (tertiary/aromatic N) is 3. The molecule has 110 valence electrons. The number of aromatic nitrogens is 3. The van der Waals surface area contributed by atoms with Gasteiger partial charge in [0, 0.05) is 6.04 Å². The van der Waals surface area contributed by atoms with Gasteiger partial charge in [0.1, 0.15) is 31.1 Å². The number of benzene rings is 1. The van der Waals surface area contributed by atoms with E-state index in [2.05, 4.69) is 21.9 Å². The second-order valence-electron chi connectivity index (χ2n) is 4.60. The summed E-state index contributed by atoms with van der Waals surface area (Å²) in [6, 6.07) is 4.25. The van der Waals surface area contributed by atoms with Gasteiger partial charge in [-0.3, -0.25) is 0 Å². The Morgan fingerprint density at radius 3 is 2.95 bits per heavy atom. The summed E-state index contributed by atoms with van der Waals surface area (Å²) in [7, 11) is 0. The standard InChI is InChI=1S/C15H16FN3O2/c1-11(2)19-15(17-10-18-19)9-21-14-6-5-13(16)8-12(14)4-3-7-20/h5-6,8,10-11,20H,7,9H2,1-2H3. The van der Waals surface area contributed by atoms with Crippen molar-refractivity contribution in [2.24, 2.45) is 0 Å². The van der Waals surface area contributed by atoms with E-state index in [1.54, 1.807) is 4.68 Å². The average molecular weight is 289 g/mol. The summed E-state index contributed by atoms with van der Waals surface area (Å²) >= 11 is 0. The van der Waals surface area contributed by atoms with Crippen molar-refractivity contribution in [2.75, 3.05) is 6.61 Å². The van der Waals surface area contributed by atoms with Crippen molar-refractivity contribution < 1.29 is 14.2 Å². The number of hydrogen-bond donors (Lipinski definition) is 1. The van der Waals surface area contributed by atoms with Gasteiger partial charge < -0.3 is 9.84 Å². The van der Waals surface area contributed by atoms with Crippen LogP contribution in [0.1, 0.15) is 31.3 Å². The lowest BCUT2D eigenvalue weighted by Gasteiger charge is -2.11. The maximum atomic E-state index is 13.2. The number of ether oxygens (including phenoxy) is 1. The molecular weight excluding hydrogens is 273 g/mol. The minimum absolute atomic E-state index is 0.174. The van der Waals surface area contributed by atoms with Crippen molar-refractivity contribution in [1.29, 1.82) is 0 Å². The molecule has 2 rings (SSSR count). The maximum absolute atomic E-state index is 13.2. The van der Waals surface area contributed by atoms with Crippen molar-refractivity contribution >= 4 is 0 Å². The van der Waals surface area contributed by atoms with Crippen molar-refractivity contribution in [3.8, 4) is 17.6 Å². The van der Waals surface area contributed by atoms with Crippen LogP contribution in [0.15, 0.2) is 24.5 Å². The van der Waals surface area contributed by atoms with Gasteiger partial charge in [0.25, 0.3) is 0 Å². The first-order valence-electron chi connectivity index (χ1n) is 6.52. The second kappa shape index (κ2) is 6.86. The average Bonchev–Trinajstić information content (AvgIpc) is 2.92. The Balaban J connectivity index is 2.18. The Labute approximate surface area is 122 Å². The third-order valence-corrected chi connectivity index (χ3v) is 2.74. The molecule has 0 saturated carbocycles. The Kier molecular flexibility index (Phi) is 4.90. The van der Waals surface area contributed by atoms with Gasteiger partial charge in [0.2, 0.25) is 0 Å². The van der Waals surface area contributed by atoms with Crippen LogP contribution in [0.4, 0.5) is 4.39 Å². The Morgan fingerprint density at radius 2 is 2.24 bits per heavy atom. The molecule has 0 amide bonds. The van der Waals surface area contributed by atoms with Gasteiger partial charge in [-0.2, -0.15) is 5.10 Å². The molecule has 0 aliphatic carbocycles. The van der Waals surface area contributed by atoms with Crippen LogP contribution in [0.3, 0.4) is 0 Å². The summed E-state index contributed by atoms with van der Waals surface area (Å²) < 4.78 is 20.6. The summed E-state index contributed by atoms with van der Waals surface area (Å²) in [6.07, 6.45) is 1.47. The highest BCUT2D eigenvalue weighted by atomic mass is 19.1. The van der Waals surface area contributed by atoms with Crippen molar-refractivity contribution in [1.82, 2.24) is 14.8 Å². The molecule has 6 heteroatoms. The Hall–Kier alpha value is -2.39. The van der Waals surface area contributed by atoms with Gasteiger partial charge in [-0.15, -0.1) is 0 Å². The third kappa shape index (κ3) is 3.80. The van der Waals surface area contributed by atoms with Crippen LogP contribution in [0.25, 0.3) is 0 Å². The molecule has 5 nitrogen and oxygen atoms in total. The molecule has 0 saturated heterocycles. The predicted octanol–water partition coefficient (Wildman–Crippen LogP) is 1.92. The molecule has 1 heterocycles. The maximum Gasteiger partial charge on any atom is 0.165 e. The van der Waals surface area contributed by atoms with Crippen molar-refractivity contribution in [3.05, 3.63) is 41.7 Å². The topological polar surface area (TPSA) is 60.2 Å². The fourth-order valence-corrected chi connectivity index (χ4v) is 1.81. The van der Waals surface area contributed by atoms with E-state index in [9.17, 15) is 4.39 Å². The van der Waals surface area contributed by atoms with Crippen LogP contribution in [0.2, 0.25) is 0 Å². The zero-order valence-corrected chi connectivity index (χ0v) is 11.9. The first kappa shape index (κ1) is 15.0. The van der Waals surface area contributed by atoms with E-state index in [4.69, 9.17) is 9.84 Å². The summed E-state index contributed by atoms with van der Waals surface area (Å²) in [4.78, 5) is 4.14. The van der Waals surface area contributed by atoms with E-state index in [1.165, 1.54) is 24.5 Å². The fraction of sp³-hybridized carbons (Fsp3) is 0.333. The van der Waals surface area contributed by atoms with Gasteiger partial charge >= 0.3 is 0 Å². The molecule has 0 fully saturated rings. The highest BCUT2D eigenvalue weighted by Gasteiger charge is 2.10. The molecule has 0 atom stereocenters. The first-order chi connectivity index (χ1) is 10.1. The number of hydrogen-bond acceptors (Lipinski definition) is 4. The quantitative estimate of drug-likeness (QED) is 0.874. The highest BCUT2D eigenvalue weighted by molar-refractivity contribution is 5.46. The number of aliphatic hydroxyl groups is 1. The lowest BCUT2D eigenvalue weighted by atomic mass is 10.2. The molecule has 0 spiro atoms. The van der Waals surface area contributed by atoms with Gasteiger partial charge in [-0.25, -0.2) is 14.1 Å². The van der Waals surface area contributed by atoms with E-state index in [0.29, 0.717) is 17.1 Å². The summed E-state index contributed by atoms with van der Waals surface area (Å²) in [6.45, 7) is 3.90. The molecule has 0 bridgehead atoms. The molecule has 0 radical (unpaired) electrons. The highest BCUT2D eigenvalue weighted by Crippen LogP contribution is 2.20. The minimum atomic E-state index is -0.407. The third-order valence-electron chi connectivity index (χ3n) is 2.74. The number of halogens is 1. The van der Waals surface area contributed by atoms with E-state index < -0.39 is 5.82 Å². The zero-order chi connectivity index (χ0) is 15.2. The Bertz CT molecular complexity index is 671. The van der Waals surface area contributed by atoms with Crippen LogP contribution < -0.4 is 4.74 Å². The first-order valence-corrected chi connectivity index (χ1v) is 6.52. The van der Waals surface area contributed by atoms with Gasteiger partial charge in [0.05, 0.1) is 5.56 Å². The molecule has 1 aromatic carbocycles. The lowest BCUT2D eigenvalue weighted by molar-refractivity contribution is 0.281. The largest absolute Gasteiger partial charge is 0.484 e. The van der Waals surface area contributed by atoms with Gasteiger partial charge in [0.15, 0.2) is 5.82 Å². The van der Waals surface area contributed by atoms with E-state index in [-0.39, 0.29) is 19.3 Å². The molecule has 1 N–H and O–H groups in total. The summed E-state index contributed by atoms with van der Waals surface area (Å²) in [5, 5.41) is 12.9. The SMILES string of the molecule is CC(C)n1ncnc1COc1ccc(F)cc1C#CCO. The zero-order valence-electron chi connectivity index (χ0n) is 11.9. The summed E-state index contributed by atoms with van der Waals surface area (Å²) in [5.41, 5.74) is 0.389. The molecule has 1 aromatic heterocycles. The van der Waals surface area contributed by atoms with E-state index in [0.717, 1.165) is 0 Å². The van der Waals surface area contributed by atoms with Crippen LogP contribution in [0, 0.1) is 17.7 Å². The van der Waals surface area contributed by atoms with Crippen LogP contribution in [-0.2, 0) is 6.61 Å². The van der Waals surface area contributed by atoms with Crippen LogP contribution in [0.5, 0.6) is 5.75 Å². The van der Waals surface area contributed by atoms with Crippen LogP contribution in [-0.4, -0.2) is 26.5 Å². The van der Waals surface area contributed by atoms with Crippen LogP contribution >= 0.6 is 0 Å². The van der Waals surface area contributed by atoms with E-state index in [1.807, 2.05) is 13.8 Å². The number of rotatable bonds is 4. The summed E-state index contributed by atoms with van der Waals surface area (Å²) in [5.74, 6) is 5.85.